The summed E-state index contributed by atoms with van der Waals surface area (Å²) in [5, 5.41) is 9.54. The molecule has 0 bridgehead atoms. The third-order valence-electron chi connectivity index (χ3n) is 3.16. The molecule has 0 saturated heterocycles. The highest BCUT2D eigenvalue weighted by Gasteiger charge is 2.29. The van der Waals surface area contributed by atoms with Gasteiger partial charge >= 0.3 is 5.97 Å². The maximum atomic E-state index is 11.6. The van der Waals surface area contributed by atoms with Gasteiger partial charge in [0, 0.05) is 11.0 Å². The molecule has 0 unspecified atom stereocenters. The van der Waals surface area contributed by atoms with Crippen molar-refractivity contribution in [1.82, 2.24) is 0 Å². The Labute approximate surface area is 105 Å². The van der Waals surface area contributed by atoms with Gasteiger partial charge in [-0.15, -0.1) is 0 Å². The van der Waals surface area contributed by atoms with E-state index in [0.717, 1.165) is 25.7 Å². The van der Waals surface area contributed by atoms with Crippen LogP contribution in [0.3, 0.4) is 0 Å². The first-order valence-corrected chi connectivity index (χ1v) is 6.46. The van der Waals surface area contributed by atoms with E-state index in [4.69, 9.17) is 4.74 Å². The van der Waals surface area contributed by atoms with Crippen LogP contribution in [0.1, 0.15) is 53.4 Å². The minimum Gasteiger partial charge on any atom is -0.462 e. The predicted octanol–water partition coefficient (Wildman–Crippen LogP) is 3.07. The zero-order valence-corrected chi connectivity index (χ0v) is 11.6. The molecule has 17 heavy (non-hydrogen) atoms. The number of hydrogen-bond acceptors (Lipinski definition) is 3. The number of rotatable bonds is 8. The second kappa shape index (κ2) is 8.29. The molecule has 0 heterocycles. The molecule has 0 rings (SSSR count). The van der Waals surface area contributed by atoms with Crippen molar-refractivity contribution in [2.45, 2.75) is 53.4 Å². The average molecular weight is 242 g/mol. The molecule has 0 aromatic heterocycles. The monoisotopic (exact) mass is 242 g/mol. The largest absolute Gasteiger partial charge is 0.462 e. The number of carbonyl (C=O) groups is 1. The molecular formula is C14H26O3. The van der Waals surface area contributed by atoms with Crippen LogP contribution in [0, 0.1) is 5.41 Å². The fourth-order valence-corrected chi connectivity index (χ4v) is 1.98. The van der Waals surface area contributed by atoms with E-state index in [2.05, 4.69) is 13.8 Å². The molecule has 0 atom stereocenters. The fraction of sp³-hybridized carbons (Fsp3) is 0.786. The number of esters is 1. The van der Waals surface area contributed by atoms with E-state index >= 15 is 0 Å². The maximum absolute atomic E-state index is 11.6. The minimum absolute atomic E-state index is 0.0802. The van der Waals surface area contributed by atoms with E-state index in [-0.39, 0.29) is 18.0 Å². The maximum Gasteiger partial charge on any atom is 0.333 e. The van der Waals surface area contributed by atoms with Crippen molar-refractivity contribution >= 4 is 5.97 Å². The summed E-state index contributed by atoms with van der Waals surface area (Å²) in [6.45, 7) is 8.11. The van der Waals surface area contributed by atoms with E-state index in [9.17, 15) is 9.90 Å². The van der Waals surface area contributed by atoms with Gasteiger partial charge in [0.15, 0.2) is 0 Å². The van der Waals surface area contributed by atoms with Crippen molar-refractivity contribution < 1.29 is 14.6 Å². The quantitative estimate of drug-likeness (QED) is 0.525. The van der Waals surface area contributed by atoms with Crippen LogP contribution in [-0.4, -0.2) is 24.3 Å². The number of ether oxygens (including phenoxy) is 1. The molecule has 3 nitrogen and oxygen atoms in total. The van der Waals surface area contributed by atoms with Crippen LogP contribution in [0.25, 0.3) is 0 Å². The summed E-state index contributed by atoms with van der Waals surface area (Å²) >= 11 is 0. The van der Waals surface area contributed by atoms with Gasteiger partial charge in [-0.2, -0.15) is 0 Å². The second-order valence-electron chi connectivity index (χ2n) is 4.71. The number of aliphatic hydroxyl groups is 1. The fourth-order valence-electron chi connectivity index (χ4n) is 1.98. The first-order chi connectivity index (χ1) is 8.05. The summed E-state index contributed by atoms with van der Waals surface area (Å²) in [7, 11) is 0. The van der Waals surface area contributed by atoms with Gasteiger partial charge in [-0.3, -0.25) is 0 Å². The highest BCUT2D eigenvalue weighted by molar-refractivity contribution is 5.87. The molecule has 0 aromatic carbocycles. The van der Waals surface area contributed by atoms with Crippen LogP contribution < -0.4 is 0 Å². The van der Waals surface area contributed by atoms with Crippen LogP contribution in [0.2, 0.25) is 0 Å². The lowest BCUT2D eigenvalue weighted by Gasteiger charge is -2.30. The van der Waals surface area contributed by atoms with E-state index in [0.29, 0.717) is 12.2 Å². The van der Waals surface area contributed by atoms with E-state index in [1.807, 2.05) is 6.92 Å². The van der Waals surface area contributed by atoms with Crippen molar-refractivity contribution in [1.29, 1.82) is 0 Å². The Morgan fingerprint density at radius 1 is 1.29 bits per heavy atom. The Kier molecular flexibility index (Phi) is 7.88. The first kappa shape index (κ1) is 16.2. The highest BCUT2D eigenvalue weighted by atomic mass is 16.5. The number of aliphatic hydroxyl groups excluding tert-OH is 1. The molecule has 0 aromatic rings. The molecule has 0 fully saturated rings. The Hall–Kier alpha value is -0.830. The van der Waals surface area contributed by atoms with Gasteiger partial charge in [-0.25, -0.2) is 4.79 Å². The SMILES string of the molecule is CC=C(C)C(=O)OCC(CO)(CCC)CCC. The Balaban J connectivity index is 4.48. The van der Waals surface area contributed by atoms with E-state index < -0.39 is 0 Å². The van der Waals surface area contributed by atoms with Gasteiger partial charge in [0.1, 0.15) is 0 Å². The zero-order chi connectivity index (χ0) is 13.3. The van der Waals surface area contributed by atoms with Crippen LogP contribution >= 0.6 is 0 Å². The summed E-state index contributed by atoms with van der Waals surface area (Å²) in [6, 6.07) is 0. The topological polar surface area (TPSA) is 46.5 Å². The van der Waals surface area contributed by atoms with Gasteiger partial charge in [0.25, 0.3) is 0 Å². The summed E-state index contributed by atoms with van der Waals surface area (Å²) in [5.74, 6) is -0.280. The van der Waals surface area contributed by atoms with Gasteiger partial charge in [0.05, 0.1) is 13.2 Å². The Morgan fingerprint density at radius 2 is 1.82 bits per heavy atom. The standard InChI is InChI=1S/C14H26O3/c1-5-8-14(10-15,9-6-2)11-17-13(16)12(4)7-3/h7,15H,5-6,8-11H2,1-4H3. The minimum atomic E-state index is -0.280. The summed E-state index contributed by atoms with van der Waals surface area (Å²) < 4.78 is 5.29. The van der Waals surface area contributed by atoms with E-state index in [1.165, 1.54) is 0 Å². The van der Waals surface area contributed by atoms with Crippen LogP contribution in [0.5, 0.6) is 0 Å². The molecule has 0 aliphatic rings. The summed E-state index contributed by atoms with van der Waals surface area (Å²) in [5.41, 5.74) is 0.359. The van der Waals surface area contributed by atoms with Gasteiger partial charge < -0.3 is 9.84 Å². The lowest BCUT2D eigenvalue weighted by Crippen LogP contribution is -2.32. The van der Waals surface area contributed by atoms with Gasteiger partial charge in [-0.05, 0) is 26.7 Å². The van der Waals surface area contributed by atoms with Gasteiger partial charge in [-0.1, -0.05) is 32.8 Å². The van der Waals surface area contributed by atoms with Crippen molar-refractivity contribution in [3.63, 3.8) is 0 Å². The zero-order valence-electron chi connectivity index (χ0n) is 11.6. The molecular weight excluding hydrogens is 216 g/mol. The smallest absolute Gasteiger partial charge is 0.333 e. The molecule has 0 radical (unpaired) electrons. The molecule has 0 aliphatic heterocycles. The third-order valence-corrected chi connectivity index (χ3v) is 3.16. The molecule has 0 spiro atoms. The molecule has 100 valence electrons. The Bertz CT molecular complexity index is 250. The molecule has 0 saturated carbocycles. The summed E-state index contributed by atoms with van der Waals surface area (Å²) in [6.07, 6.45) is 5.49. The van der Waals surface area contributed by atoms with Crippen LogP contribution in [0.4, 0.5) is 0 Å². The first-order valence-electron chi connectivity index (χ1n) is 6.46. The molecule has 0 amide bonds. The number of carbonyl (C=O) groups excluding carboxylic acids is 1. The van der Waals surface area contributed by atoms with Crippen LogP contribution in [-0.2, 0) is 9.53 Å². The number of hydrogen-bond donors (Lipinski definition) is 1. The highest BCUT2D eigenvalue weighted by Crippen LogP contribution is 2.30. The van der Waals surface area contributed by atoms with Crippen molar-refractivity contribution in [3.05, 3.63) is 11.6 Å². The molecule has 1 N–H and O–H groups in total. The molecule has 0 aliphatic carbocycles. The third kappa shape index (κ3) is 5.35. The normalized spacial score (nSPS) is 12.6. The average Bonchev–Trinajstić information content (AvgIpc) is 2.35. The van der Waals surface area contributed by atoms with Crippen molar-refractivity contribution in [3.8, 4) is 0 Å². The number of allylic oxidation sites excluding steroid dienone is 1. The second-order valence-corrected chi connectivity index (χ2v) is 4.71. The van der Waals surface area contributed by atoms with Crippen LogP contribution in [0.15, 0.2) is 11.6 Å². The van der Waals surface area contributed by atoms with E-state index in [1.54, 1.807) is 13.0 Å². The van der Waals surface area contributed by atoms with Gasteiger partial charge in [0.2, 0.25) is 0 Å². The Morgan fingerprint density at radius 3 is 2.18 bits per heavy atom. The van der Waals surface area contributed by atoms with Crippen molar-refractivity contribution in [2.75, 3.05) is 13.2 Å². The lowest BCUT2D eigenvalue weighted by atomic mass is 9.81. The summed E-state index contributed by atoms with van der Waals surface area (Å²) in [4.78, 5) is 11.6. The molecule has 3 heteroatoms. The lowest BCUT2D eigenvalue weighted by molar-refractivity contribution is -0.144. The predicted molar refractivity (Wildman–Crippen MR) is 69.7 cm³/mol. The van der Waals surface area contributed by atoms with Crippen molar-refractivity contribution in [2.24, 2.45) is 5.41 Å².